The minimum absolute atomic E-state index is 0.0256. The zero-order valence-corrected chi connectivity index (χ0v) is 19.3. The van der Waals surface area contributed by atoms with E-state index in [2.05, 4.69) is 20.9 Å². The Hall–Kier alpha value is -4.23. The van der Waals surface area contributed by atoms with Gasteiger partial charge in [0, 0.05) is 46.5 Å². The third-order valence-electron chi connectivity index (χ3n) is 5.42. The molecule has 4 rings (SSSR count). The van der Waals surface area contributed by atoms with Crippen LogP contribution in [0, 0.1) is 0 Å². The second kappa shape index (κ2) is 9.72. The maximum Gasteiger partial charge on any atom is 0.260 e. The van der Waals surface area contributed by atoms with Gasteiger partial charge in [-0.05, 0) is 69.0 Å². The number of carbonyl (C=O) groups is 3. The summed E-state index contributed by atoms with van der Waals surface area (Å²) in [5.74, 6) is -0.928. The molecule has 0 unspecified atom stereocenters. The highest BCUT2D eigenvalue weighted by Crippen LogP contribution is 2.29. The van der Waals surface area contributed by atoms with Gasteiger partial charge >= 0.3 is 0 Å². The minimum Gasteiger partial charge on any atom is -0.361 e. The molecule has 7 nitrogen and oxygen atoms in total. The molecular formula is C27H26N4O3. The predicted octanol–water partition coefficient (Wildman–Crippen LogP) is 4.42. The van der Waals surface area contributed by atoms with Crippen molar-refractivity contribution >= 4 is 40.2 Å². The fourth-order valence-electron chi connectivity index (χ4n) is 3.76. The van der Waals surface area contributed by atoms with E-state index in [0.717, 1.165) is 17.9 Å². The van der Waals surface area contributed by atoms with Crippen LogP contribution in [0.3, 0.4) is 0 Å². The van der Waals surface area contributed by atoms with Crippen molar-refractivity contribution in [3.8, 4) is 0 Å². The number of fused-ring (bicyclic) bond motifs is 1. The predicted molar refractivity (Wildman–Crippen MR) is 134 cm³/mol. The average molecular weight is 455 g/mol. The summed E-state index contributed by atoms with van der Waals surface area (Å²) in [7, 11) is 4.03. The van der Waals surface area contributed by atoms with Gasteiger partial charge in [0.1, 0.15) is 0 Å². The number of nitrogens with zero attached hydrogens (tertiary/aromatic N) is 1. The molecule has 0 spiro atoms. The van der Waals surface area contributed by atoms with Crippen LogP contribution in [0.25, 0.3) is 5.57 Å². The first-order valence-electron chi connectivity index (χ1n) is 10.9. The molecule has 172 valence electrons. The average Bonchev–Trinajstić information content (AvgIpc) is 2.79. The standard InChI is InChI=1S/C27H26N4O3/c1-17(32)19-5-4-6-21(13-19)29-22-11-12-23-24(14-22)25(27(34)30-26(23)33)15-28-20-9-7-18(8-10-20)16-31(2)3/h4-15,28-29H,16H2,1-3H3,(H,30,33,34)/b25-15-. The second-order valence-corrected chi connectivity index (χ2v) is 8.44. The first-order chi connectivity index (χ1) is 16.3. The lowest BCUT2D eigenvalue weighted by atomic mass is 9.94. The van der Waals surface area contributed by atoms with E-state index >= 15 is 0 Å². The number of hydrogen-bond acceptors (Lipinski definition) is 6. The Morgan fingerprint density at radius 2 is 1.59 bits per heavy atom. The van der Waals surface area contributed by atoms with Crippen LogP contribution in [-0.2, 0) is 11.3 Å². The van der Waals surface area contributed by atoms with Crippen LogP contribution in [0.1, 0.15) is 38.8 Å². The highest BCUT2D eigenvalue weighted by Gasteiger charge is 2.27. The number of benzene rings is 3. The molecule has 0 aliphatic carbocycles. The van der Waals surface area contributed by atoms with Gasteiger partial charge in [-0.15, -0.1) is 0 Å². The second-order valence-electron chi connectivity index (χ2n) is 8.44. The SMILES string of the molecule is CC(=O)c1cccc(Nc2ccc3c(c2)/C(=C/Nc2ccc(CN(C)C)cc2)C(=O)NC3=O)c1. The fourth-order valence-corrected chi connectivity index (χ4v) is 3.76. The molecule has 3 aromatic rings. The largest absolute Gasteiger partial charge is 0.361 e. The molecule has 0 bridgehead atoms. The Morgan fingerprint density at radius 1 is 0.882 bits per heavy atom. The van der Waals surface area contributed by atoms with Gasteiger partial charge in [-0.2, -0.15) is 0 Å². The molecule has 0 atom stereocenters. The maximum absolute atomic E-state index is 12.6. The first kappa shape index (κ1) is 22.9. The number of rotatable bonds is 7. The zero-order chi connectivity index (χ0) is 24.2. The maximum atomic E-state index is 12.6. The summed E-state index contributed by atoms with van der Waals surface area (Å²) in [4.78, 5) is 38.8. The van der Waals surface area contributed by atoms with Crippen molar-refractivity contribution in [1.29, 1.82) is 0 Å². The van der Waals surface area contributed by atoms with Gasteiger partial charge in [-0.25, -0.2) is 0 Å². The van der Waals surface area contributed by atoms with Gasteiger partial charge in [0.05, 0.1) is 5.57 Å². The van der Waals surface area contributed by atoms with Crippen LogP contribution < -0.4 is 16.0 Å². The summed E-state index contributed by atoms with van der Waals surface area (Å²) >= 11 is 0. The van der Waals surface area contributed by atoms with Gasteiger partial charge < -0.3 is 15.5 Å². The number of anilines is 3. The molecular weight excluding hydrogens is 428 g/mol. The van der Waals surface area contributed by atoms with Crippen LogP contribution in [0.5, 0.6) is 0 Å². The highest BCUT2D eigenvalue weighted by atomic mass is 16.2. The van der Waals surface area contributed by atoms with Gasteiger partial charge in [0.25, 0.3) is 11.8 Å². The van der Waals surface area contributed by atoms with Crippen molar-refractivity contribution in [1.82, 2.24) is 10.2 Å². The molecule has 0 radical (unpaired) electrons. The van der Waals surface area contributed by atoms with Gasteiger partial charge in [-0.1, -0.05) is 24.3 Å². The van der Waals surface area contributed by atoms with Crippen molar-refractivity contribution in [2.24, 2.45) is 0 Å². The van der Waals surface area contributed by atoms with Gasteiger partial charge in [0.15, 0.2) is 5.78 Å². The normalized spacial score (nSPS) is 14.1. The third-order valence-corrected chi connectivity index (χ3v) is 5.42. The lowest BCUT2D eigenvalue weighted by Crippen LogP contribution is -2.36. The summed E-state index contributed by atoms with van der Waals surface area (Å²) in [6.45, 7) is 2.35. The number of hydrogen-bond donors (Lipinski definition) is 3. The van der Waals surface area contributed by atoms with E-state index < -0.39 is 11.8 Å². The molecule has 0 fully saturated rings. The molecule has 3 aromatic carbocycles. The lowest BCUT2D eigenvalue weighted by Gasteiger charge is -2.20. The van der Waals surface area contributed by atoms with E-state index in [9.17, 15) is 14.4 Å². The van der Waals surface area contributed by atoms with Gasteiger partial charge in [-0.3, -0.25) is 19.7 Å². The number of Topliss-reactive ketones (excluding diaryl/α,β-unsaturated/α-hetero) is 1. The molecule has 1 aliphatic rings. The van der Waals surface area contributed by atoms with Crippen LogP contribution >= 0.6 is 0 Å². The topological polar surface area (TPSA) is 90.5 Å². The molecule has 34 heavy (non-hydrogen) atoms. The number of imide groups is 1. The molecule has 7 heteroatoms. The fraction of sp³-hybridized carbons (Fsp3) is 0.148. The Morgan fingerprint density at radius 3 is 2.29 bits per heavy atom. The summed E-state index contributed by atoms with van der Waals surface area (Å²) in [5, 5.41) is 8.80. The molecule has 0 aromatic heterocycles. The van der Waals surface area contributed by atoms with Crippen LogP contribution in [0.4, 0.5) is 17.1 Å². The molecule has 3 N–H and O–H groups in total. The Labute approximate surface area is 198 Å². The van der Waals surface area contributed by atoms with Crippen LogP contribution in [0.15, 0.2) is 72.9 Å². The first-order valence-corrected chi connectivity index (χ1v) is 10.9. The van der Waals surface area contributed by atoms with Crippen LogP contribution in [0.2, 0.25) is 0 Å². The number of ketones is 1. The van der Waals surface area contributed by atoms with Crippen molar-refractivity contribution in [3.05, 3.63) is 95.2 Å². The van der Waals surface area contributed by atoms with Crippen LogP contribution in [-0.4, -0.2) is 36.6 Å². The van der Waals surface area contributed by atoms with Crippen molar-refractivity contribution in [3.63, 3.8) is 0 Å². The Balaban J connectivity index is 1.61. The Bertz CT molecular complexity index is 1290. The van der Waals surface area contributed by atoms with E-state index in [-0.39, 0.29) is 5.78 Å². The molecule has 1 heterocycles. The molecule has 0 saturated heterocycles. The van der Waals surface area contributed by atoms with E-state index in [1.165, 1.54) is 12.5 Å². The highest BCUT2D eigenvalue weighted by molar-refractivity contribution is 6.31. The monoisotopic (exact) mass is 454 g/mol. The van der Waals surface area contributed by atoms with Crippen molar-refractivity contribution < 1.29 is 14.4 Å². The molecule has 0 saturated carbocycles. The van der Waals surface area contributed by atoms with E-state index in [4.69, 9.17) is 0 Å². The quantitative estimate of drug-likeness (QED) is 0.278. The lowest BCUT2D eigenvalue weighted by molar-refractivity contribution is -0.114. The Kier molecular flexibility index (Phi) is 6.56. The van der Waals surface area contributed by atoms with E-state index in [0.29, 0.717) is 28.0 Å². The summed E-state index contributed by atoms with van der Waals surface area (Å²) in [6, 6.07) is 20.3. The number of nitrogens with one attached hydrogen (secondary N) is 3. The summed E-state index contributed by atoms with van der Waals surface area (Å²) in [6.07, 6.45) is 1.61. The molecule has 2 amide bonds. The minimum atomic E-state index is -0.468. The number of amides is 2. The summed E-state index contributed by atoms with van der Waals surface area (Å²) in [5.41, 5.74) is 5.33. The third kappa shape index (κ3) is 5.22. The van der Waals surface area contributed by atoms with Gasteiger partial charge in [0.2, 0.25) is 0 Å². The summed E-state index contributed by atoms with van der Waals surface area (Å²) < 4.78 is 0. The van der Waals surface area contributed by atoms with E-state index in [1.54, 1.807) is 42.6 Å². The van der Waals surface area contributed by atoms with Crippen molar-refractivity contribution in [2.45, 2.75) is 13.5 Å². The molecule has 1 aliphatic heterocycles. The van der Waals surface area contributed by atoms with Crippen molar-refractivity contribution in [2.75, 3.05) is 24.7 Å². The zero-order valence-electron chi connectivity index (χ0n) is 19.3. The number of carbonyl (C=O) groups excluding carboxylic acids is 3. The van der Waals surface area contributed by atoms with E-state index in [1.807, 2.05) is 44.4 Å². The smallest absolute Gasteiger partial charge is 0.260 e.